The first-order chi connectivity index (χ1) is 12.9. The molecular formula is C20H14FNO4S. The molecule has 4 rings (SSSR count). The van der Waals surface area contributed by atoms with Gasteiger partial charge in [0.1, 0.15) is 5.82 Å². The smallest absolute Gasteiger partial charge is 0.264 e. The van der Waals surface area contributed by atoms with Crippen LogP contribution in [0.25, 0.3) is 5.57 Å². The van der Waals surface area contributed by atoms with E-state index in [1.807, 2.05) is 0 Å². The summed E-state index contributed by atoms with van der Waals surface area (Å²) in [5, 5.41) is 0. The molecule has 0 N–H and O–H groups in total. The molecule has 0 radical (unpaired) electrons. The lowest BCUT2D eigenvalue weighted by molar-refractivity contribution is -0.136. The molecule has 27 heavy (non-hydrogen) atoms. The van der Waals surface area contributed by atoms with Crippen LogP contribution in [0.15, 0.2) is 77.8 Å². The van der Waals surface area contributed by atoms with Crippen LogP contribution in [-0.2, 0) is 19.6 Å². The third kappa shape index (κ3) is 2.80. The van der Waals surface area contributed by atoms with Crippen molar-refractivity contribution in [3.63, 3.8) is 0 Å². The summed E-state index contributed by atoms with van der Waals surface area (Å²) in [4.78, 5) is 24.2. The quantitative estimate of drug-likeness (QED) is 0.764. The molecule has 7 heteroatoms. The van der Waals surface area contributed by atoms with E-state index >= 15 is 0 Å². The highest BCUT2D eigenvalue weighted by atomic mass is 32.2. The van der Waals surface area contributed by atoms with Crippen molar-refractivity contribution in [3.8, 4) is 0 Å². The van der Waals surface area contributed by atoms with Gasteiger partial charge in [-0.2, -0.15) is 0 Å². The van der Waals surface area contributed by atoms with Crippen LogP contribution >= 0.6 is 0 Å². The number of halogens is 1. The zero-order chi connectivity index (χ0) is 19.2. The third-order valence-electron chi connectivity index (χ3n) is 4.69. The average Bonchev–Trinajstić information content (AvgIpc) is 3.06. The second-order valence-corrected chi connectivity index (χ2v) is 8.14. The Morgan fingerprint density at radius 3 is 2.41 bits per heavy atom. The fourth-order valence-electron chi connectivity index (χ4n) is 3.41. The molecule has 0 saturated carbocycles. The Hall–Kier alpha value is -3.06. The number of fused-ring (bicyclic) bond motifs is 1. The topological polar surface area (TPSA) is 71.5 Å². The van der Waals surface area contributed by atoms with Crippen molar-refractivity contribution >= 4 is 27.2 Å². The largest absolute Gasteiger partial charge is 0.290 e. The predicted molar refractivity (Wildman–Crippen MR) is 96.3 cm³/mol. The Labute approximate surface area is 155 Å². The van der Waals surface area contributed by atoms with Crippen LogP contribution in [0.1, 0.15) is 5.56 Å². The van der Waals surface area contributed by atoms with Gasteiger partial charge in [0.05, 0.1) is 16.9 Å². The number of hydrogen-bond donors (Lipinski definition) is 0. The number of Topliss-reactive ketones (excluding diaryl/α,β-unsaturated/α-hetero) is 1. The molecular weight excluding hydrogens is 369 g/mol. The van der Waals surface area contributed by atoms with Crippen molar-refractivity contribution in [2.45, 2.75) is 10.9 Å². The van der Waals surface area contributed by atoms with Gasteiger partial charge in [-0.25, -0.2) is 12.8 Å². The van der Waals surface area contributed by atoms with Gasteiger partial charge in [-0.3, -0.25) is 13.9 Å². The molecule has 2 aromatic rings. The van der Waals surface area contributed by atoms with E-state index in [4.69, 9.17) is 0 Å². The Bertz CT molecular complexity index is 1110. The summed E-state index contributed by atoms with van der Waals surface area (Å²) in [7, 11) is -4.11. The van der Waals surface area contributed by atoms with Gasteiger partial charge in [-0.15, -0.1) is 0 Å². The second kappa shape index (κ2) is 6.28. The lowest BCUT2D eigenvalue weighted by Crippen LogP contribution is -2.42. The monoisotopic (exact) mass is 383 g/mol. The van der Waals surface area contributed by atoms with E-state index in [9.17, 15) is 22.4 Å². The normalized spacial score (nSPS) is 22.0. The zero-order valence-corrected chi connectivity index (χ0v) is 14.8. The number of ketones is 2. The Morgan fingerprint density at radius 2 is 1.70 bits per heavy atom. The number of carbonyl (C=O) groups excluding carboxylic acids is 2. The Kier molecular flexibility index (Phi) is 4.04. The minimum Gasteiger partial charge on any atom is -0.290 e. The molecule has 0 amide bonds. The van der Waals surface area contributed by atoms with Crippen LogP contribution in [0.2, 0.25) is 0 Å². The molecule has 1 aliphatic heterocycles. The van der Waals surface area contributed by atoms with Crippen LogP contribution in [0.4, 0.5) is 4.39 Å². The number of allylic oxidation sites excluding steroid dienone is 1. The number of nitrogens with zero attached hydrogens (tertiary/aromatic N) is 1. The first-order valence-corrected chi connectivity index (χ1v) is 9.66. The molecule has 0 aromatic heterocycles. The first kappa shape index (κ1) is 17.4. The molecule has 0 saturated heterocycles. The average molecular weight is 383 g/mol. The van der Waals surface area contributed by atoms with Gasteiger partial charge in [0.2, 0.25) is 11.6 Å². The van der Waals surface area contributed by atoms with E-state index in [1.165, 1.54) is 24.4 Å². The van der Waals surface area contributed by atoms with E-state index in [2.05, 4.69) is 0 Å². The van der Waals surface area contributed by atoms with E-state index < -0.39 is 39.4 Å². The minimum atomic E-state index is -4.11. The summed E-state index contributed by atoms with van der Waals surface area (Å²) >= 11 is 0. The fourth-order valence-corrected chi connectivity index (χ4v) is 4.93. The van der Waals surface area contributed by atoms with Gasteiger partial charge in [0.15, 0.2) is 0 Å². The van der Waals surface area contributed by atoms with Crippen LogP contribution in [0.3, 0.4) is 0 Å². The molecule has 1 heterocycles. The fraction of sp³-hybridized carbons (Fsp3) is 0.100. The molecule has 2 aromatic carbocycles. The summed E-state index contributed by atoms with van der Waals surface area (Å²) in [6.07, 6.45) is 3.88. The molecule has 2 unspecified atom stereocenters. The van der Waals surface area contributed by atoms with Crippen LogP contribution in [0.5, 0.6) is 0 Å². The van der Waals surface area contributed by atoms with Crippen molar-refractivity contribution in [1.29, 1.82) is 0 Å². The Balaban J connectivity index is 1.87. The third-order valence-corrected chi connectivity index (χ3v) is 6.44. The van der Waals surface area contributed by atoms with Gasteiger partial charge in [0, 0.05) is 6.20 Å². The lowest BCUT2D eigenvalue weighted by atomic mass is 9.82. The highest BCUT2D eigenvalue weighted by Gasteiger charge is 2.47. The molecule has 2 atom stereocenters. The highest BCUT2D eigenvalue weighted by molar-refractivity contribution is 7.89. The van der Waals surface area contributed by atoms with Crippen LogP contribution in [0, 0.1) is 11.7 Å². The zero-order valence-electron chi connectivity index (χ0n) is 13.9. The molecule has 0 fully saturated rings. The van der Waals surface area contributed by atoms with Crippen molar-refractivity contribution in [2.24, 2.45) is 5.92 Å². The predicted octanol–water partition coefficient (Wildman–Crippen LogP) is 2.56. The van der Waals surface area contributed by atoms with Crippen molar-refractivity contribution in [3.05, 3.63) is 84.3 Å². The van der Waals surface area contributed by atoms with Gasteiger partial charge < -0.3 is 0 Å². The first-order valence-electron chi connectivity index (χ1n) is 8.22. The molecule has 1 aliphatic carbocycles. The van der Waals surface area contributed by atoms with E-state index in [-0.39, 0.29) is 4.90 Å². The van der Waals surface area contributed by atoms with Crippen LogP contribution < -0.4 is 0 Å². The molecule has 136 valence electrons. The summed E-state index contributed by atoms with van der Waals surface area (Å²) in [5.41, 5.74) is 1.10. The summed E-state index contributed by atoms with van der Waals surface area (Å²) < 4.78 is 40.8. The maximum atomic E-state index is 13.6. The highest BCUT2D eigenvalue weighted by Crippen LogP contribution is 2.41. The lowest BCUT2D eigenvalue weighted by Gasteiger charge is -2.28. The summed E-state index contributed by atoms with van der Waals surface area (Å²) in [6.45, 7) is 0. The SMILES string of the molecule is O=C1C=CC2C(C1=O)C(c1ccccc1)=CN2S(=O)(=O)c1cccc(F)c1. The Morgan fingerprint density at radius 1 is 0.963 bits per heavy atom. The molecule has 0 bridgehead atoms. The van der Waals surface area contributed by atoms with Crippen molar-refractivity contribution < 1.29 is 22.4 Å². The molecule has 5 nitrogen and oxygen atoms in total. The van der Waals surface area contributed by atoms with Gasteiger partial charge >= 0.3 is 0 Å². The number of sulfonamides is 1. The maximum absolute atomic E-state index is 13.6. The van der Waals surface area contributed by atoms with Gasteiger partial charge in [0.25, 0.3) is 10.0 Å². The summed E-state index contributed by atoms with van der Waals surface area (Å²) in [5.74, 6) is -2.92. The van der Waals surface area contributed by atoms with Crippen molar-refractivity contribution in [2.75, 3.05) is 0 Å². The number of hydrogen-bond acceptors (Lipinski definition) is 4. The molecule has 2 aliphatic rings. The number of benzene rings is 2. The maximum Gasteiger partial charge on any atom is 0.264 e. The van der Waals surface area contributed by atoms with E-state index in [1.54, 1.807) is 30.3 Å². The standard InChI is InChI=1S/C20H14FNO4S/c21-14-7-4-8-15(11-14)27(25,26)22-12-16(13-5-2-1-3-6-13)19-17(22)9-10-18(23)20(19)24/h1-12,17,19H. The van der Waals surface area contributed by atoms with Crippen LogP contribution in [-0.4, -0.2) is 30.3 Å². The molecule has 0 spiro atoms. The van der Waals surface area contributed by atoms with Crippen molar-refractivity contribution in [1.82, 2.24) is 4.31 Å². The minimum absolute atomic E-state index is 0.218. The van der Waals surface area contributed by atoms with Gasteiger partial charge in [-0.05, 0) is 35.4 Å². The number of rotatable bonds is 3. The van der Waals surface area contributed by atoms with E-state index in [0.29, 0.717) is 11.1 Å². The van der Waals surface area contributed by atoms with Gasteiger partial charge in [-0.1, -0.05) is 42.5 Å². The number of carbonyl (C=O) groups is 2. The van der Waals surface area contributed by atoms with E-state index in [0.717, 1.165) is 22.5 Å². The summed E-state index contributed by atoms with van der Waals surface area (Å²) in [6, 6.07) is 12.6. The second-order valence-electron chi connectivity index (χ2n) is 6.30.